The molecular formula is C26H30FN7OS. The minimum absolute atomic E-state index is 0.190. The third-order valence-electron chi connectivity index (χ3n) is 5.75. The van der Waals surface area contributed by atoms with Gasteiger partial charge >= 0.3 is 0 Å². The quantitative estimate of drug-likeness (QED) is 0.257. The Morgan fingerprint density at radius 3 is 2.72 bits per heavy atom. The van der Waals surface area contributed by atoms with Gasteiger partial charge in [0.25, 0.3) is 0 Å². The van der Waals surface area contributed by atoms with Crippen molar-refractivity contribution in [2.24, 2.45) is 0 Å². The number of aryl methyl sites for hydroxylation is 1. The zero-order valence-corrected chi connectivity index (χ0v) is 21.2. The van der Waals surface area contributed by atoms with E-state index in [4.69, 9.17) is 5.10 Å². The lowest BCUT2D eigenvalue weighted by Crippen LogP contribution is -2.42. The molecule has 8 nitrogen and oxygen atoms in total. The molecule has 3 heterocycles. The van der Waals surface area contributed by atoms with Crippen LogP contribution in [-0.4, -0.2) is 38.7 Å². The standard InChI is InChI=1S/C26H30FN7OS/c1-3-4-11-34-25(14-22(33-34)19-9-10-29-24(13-19)28-2)32-26(35)23(30-15-21-16-36-17-31-21)12-18-5-7-20(27)8-6-18/h5-10,13-14,16-17,23,30H,3-4,11-12,15H2,1-2H3,(H,28,29)(H,32,35). The van der Waals surface area contributed by atoms with E-state index in [9.17, 15) is 9.18 Å². The molecule has 3 N–H and O–H groups in total. The fourth-order valence-corrected chi connectivity index (χ4v) is 4.30. The number of unbranched alkanes of at least 4 members (excludes halogenated alkanes) is 1. The number of halogens is 1. The van der Waals surface area contributed by atoms with E-state index < -0.39 is 6.04 Å². The van der Waals surface area contributed by atoms with E-state index in [1.807, 2.05) is 35.3 Å². The maximum atomic E-state index is 13.5. The van der Waals surface area contributed by atoms with Crippen LogP contribution >= 0.6 is 11.3 Å². The molecule has 1 atom stereocenters. The number of carbonyl (C=O) groups excluding carboxylic acids is 1. The summed E-state index contributed by atoms with van der Waals surface area (Å²) in [7, 11) is 1.82. The Balaban J connectivity index is 1.57. The zero-order chi connectivity index (χ0) is 25.3. The highest BCUT2D eigenvalue weighted by molar-refractivity contribution is 7.07. The van der Waals surface area contributed by atoms with Crippen molar-refractivity contribution >= 4 is 28.9 Å². The fourth-order valence-electron chi connectivity index (χ4n) is 3.74. The zero-order valence-electron chi connectivity index (χ0n) is 20.4. The van der Waals surface area contributed by atoms with Crippen molar-refractivity contribution < 1.29 is 9.18 Å². The molecule has 0 fully saturated rings. The predicted molar refractivity (Wildman–Crippen MR) is 141 cm³/mol. The van der Waals surface area contributed by atoms with Gasteiger partial charge < -0.3 is 10.6 Å². The monoisotopic (exact) mass is 507 g/mol. The smallest absolute Gasteiger partial charge is 0.243 e. The molecule has 0 spiro atoms. The lowest BCUT2D eigenvalue weighted by molar-refractivity contribution is -0.118. The Bertz CT molecular complexity index is 1260. The molecule has 0 saturated heterocycles. The van der Waals surface area contributed by atoms with Gasteiger partial charge in [-0.2, -0.15) is 5.10 Å². The summed E-state index contributed by atoms with van der Waals surface area (Å²) in [6.07, 6.45) is 4.07. The van der Waals surface area contributed by atoms with Gasteiger partial charge in [0.2, 0.25) is 5.91 Å². The average Bonchev–Trinajstić information content (AvgIpc) is 3.56. The molecule has 0 aliphatic rings. The van der Waals surface area contributed by atoms with Crippen LogP contribution in [0.3, 0.4) is 0 Å². The Morgan fingerprint density at radius 1 is 1.17 bits per heavy atom. The molecule has 0 bridgehead atoms. The molecular weight excluding hydrogens is 477 g/mol. The first-order chi connectivity index (χ1) is 17.6. The average molecular weight is 508 g/mol. The number of nitrogens with one attached hydrogen (secondary N) is 3. The Labute approximate surface area is 214 Å². The van der Waals surface area contributed by atoms with Gasteiger partial charge in [-0.15, -0.1) is 11.3 Å². The molecule has 1 aromatic carbocycles. The topological polar surface area (TPSA) is 96.8 Å². The molecule has 188 valence electrons. The first-order valence-corrected chi connectivity index (χ1v) is 12.9. The largest absolute Gasteiger partial charge is 0.373 e. The van der Waals surface area contributed by atoms with E-state index in [1.54, 1.807) is 23.8 Å². The van der Waals surface area contributed by atoms with Crippen molar-refractivity contribution in [3.05, 3.63) is 76.6 Å². The number of carbonyl (C=O) groups is 1. The number of hydrogen-bond donors (Lipinski definition) is 3. The summed E-state index contributed by atoms with van der Waals surface area (Å²) in [5, 5.41) is 16.1. The maximum absolute atomic E-state index is 13.5. The van der Waals surface area contributed by atoms with Crippen LogP contribution in [0.4, 0.5) is 16.0 Å². The van der Waals surface area contributed by atoms with Crippen molar-refractivity contribution in [3.8, 4) is 11.3 Å². The number of nitrogens with zero attached hydrogens (tertiary/aromatic N) is 4. The van der Waals surface area contributed by atoms with Crippen molar-refractivity contribution in [2.75, 3.05) is 17.7 Å². The number of pyridine rings is 1. The van der Waals surface area contributed by atoms with E-state index in [0.29, 0.717) is 25.3 Å². The van der Waals surface area contributed by atoms with Gasteiger partial charge in [-0.1, -0.05) is 25.5 Å². The summed E-state index contributed by atoms with van der Waals surface area (Å²) in [6, 6.07) is 11.4. The summed E-state index contributed by atoms with van der Waals surface area (Å²) >= 11 is 1.51. The number of aromatic nitrogens is 4. The molecule has 0 aliphatic carbocycles. The SMILES string of the molecule is CCCCn1nc(-c2ccnc(NC)c2)cc1NC(=O)C(Cc1ccc(F)cc1)NCc1cscn1. The van der Waals surface area contributed by atoms with E-state index in [0.717, 1.165) is 41.2 Å². The highest BCUT2D eigenvalue weighted by atomic mass is 32.1. The highest BCUT2D eigenvalue weighted by Gasteiger charge is 2.21. The van der Waals surface area contributed by atoms with Crippen LogP contribution in [0.2, 0.25) is 0 Å². The number of hydrogen-bond acceptors (Lipinski definition) is 7. The Morgan fingerprint density at radius 2 is 2.00 bits per heavy atom. The van der Waals surface area contributed by atoms with Gasteiger partial charge in [0.1, 0.15) is 17.5 Å². The molecule has 3 aromatic heterocycles. The van der Waals surface area contributed by atoms with Crippen LogP contribution in [0, 0.1) is 5.82 Å². The van der Waals surface area contributed by atoms with E-state index >= 15 is 0 Å². The van der Waals surface area contributed by atoms with E-state index in [-0.39, 0.29) is 11.7 Å². The number of amides is 1. The second-order valence-corrected chi connectivity index (χ2v) is 9.12. The Kier molecular flexibility index (Phi) is 8.75. The highest BCUT2D eigenvalue weighted by Crippen LogP contribution is 2.24. The molecule has 36 heavy (non-hydrogen) atoms. The summed E-state index contributed by atoms with van der Waals surface area (Å²) in [5.74, 6) is 0.877. The van der Waals surface area contributed by atoms with E-state index in [1.165, 1.54) is 23.5 Å². The third-order valence-corrected chi connectivity index (χ3v) is 6.38. The summed E-state index contributed by atoms with van der Waals surface area (Å²) < 4.78 is 15.3. The molecule has 4 aromatic rings. The molecule has 0 aliphatic heterocycles. The molecule has 1 unspecified atom stereocenters. The fraction of sp³-hybridized carbons (Fsp3) is 0.308. The second kappa shape index (κ2) is 12.4. The van der Waals surface area contributed by atoms with E-state index in [2.05, 4.69) is 32.8 Å². The minimum Gasteiger partial charge on any atom is -0.373 e. The van der Waals surface area contributed by atoms with Crippen LogP contribution in [0.25, 0.3) is 11.3 Å². The molecule has 0 saturated carbocycles. The van der Waals surface area contributed by atoms with Crippen molar-refractivity contribution in [2.45, 2.75) is 45.3 Å². The summed E-state index contributed by atoms with van der Waals surface area (Å²) in [5.41, 5.74) is 5.15. The number of rotatable bonds is 12. The molecule has 1 amide bonds. The summed E-state index contributed by atoms with van der Waals surface area (Å²) in [6.45, 7) is 3.25. The van der Waals surface area contributed by atoms with Gasteiger partial charge in [-0.25, -0.2) is 19.0 Å². The van der Waals surface area contributed by atoms with Gasteiger partial charge in [-0.05, 0) is 42.7 Å². The summed E-state index contributed by atoms with van der Waals surface area (Å²) in [4.78, 5) is 22.1. The lowest BCUT2D eigenvalue weighted by Gasteiger charge is -2.19. The molecule has 0 radical (unpaired) electrons. The van der Waals surface area contributed by atoms with Gasteiger partial charge in [0.05, 0.1) is 22.9 Å². The minimum atomic E-state index is -0.549. The van der Waals surface area contributed by atoms with Crippen LogP contribution in [0.5, 0.6) is 0 Å². The van der Waals surface area contributed by atoms with Crippen molar-refractivity contribution in [3.63, 3.8) is 0 Å². The van der Waals surface area contributed by atoms with Gasteiger partial charge in [0, 0.05) is 43.3 Å². The Hall–Kier alpha value is -3.63. The van der Waals surface area contributed by atoms with Crippen LogP contribution in [0.1, 0.15) is 31.0 Å². The normalized spacial score (nSPS) is 11.9. The predicted octanol–water partition coefficient (Wildman–Crippen LogP) is 4.72. The molecule has 10 heteroatoms. The van der Waals surface area contributed by atoms with Gasteiger partial charge in [0.15, 0.2) is 0 Å². The van der Waals surface area contributed by atoms with Crippen LogP contribution < -0.4 is 16.0 Å². The first kappa shape index (κ1) is 25.5. The third kappa shape index (κ3) is 6.73. The van der Waals surface area contributed by atoms with Crippen LogP contribution in [0.15, 0.2) is 59.6 Å². The van der Waals surface area contributed by atoms with Crippen LogP contribution in [-0.2, 0) is 24.3 Å². The second-order valence-electron chi connectivity index (χ2n) is 8.40. The molecule has 4 rings (SSSR count). The number of thiazole rings is 1. The van der Waals surface area contributed by atoms with Crippen molar-refractivity contribution in [1.29, 1.82) is 0 Å². The maximum Gasteiger partial charge on any atom is 0.243 e. The van der Waals surface area contributed by atoms with Gasteiger partial charge in [-0.3, -0.25) is 10.1 Å². The first-order valence-electron chi connectivity index (χ1n) is 11.9. The van der Waals surface area contributed by atoms with Crippen molar-refractivity contribution in [1.82, 2.24) is 25.1 Å². The lowest BCUT2D eigenvalue weighted by atomic mass is 10.0. The number of benzene rings is 1. The number of anilines is 2.